The second-order valence-corrected chi connectivity index (χ2v) is 13.0. The summed E-state index contributed by atoms with van der Waals surface area (Å²) in [7, 11) is 0. The van der Waals surface area contributed by atoms with E-state index in [4.69, 9.17) is 28.9 Å². The third kappa shape index (κ3) is 5.83. The normalized spacial score (nSPS) is 25.6. The van der Waals surface area contributed by atoms with Gasteiger partial charge >= 0.3 is 0 Å². The van der Waals surface area contributed by atoms with E-state index in [2.05, 4.69) is 11.4 Å². The van der Waals surface area contributed by atoms with E-state index in [9.17, 15) is 14.9 Å². The third-order valence-corrected chi connectivity index (χ3v) is 8.66. The van der Waals surface area contributed by atoms with E-state index < -0.39 is 35.1 Å². The molecule has 0 aromatic heterocycles. The van der Waals surface area contributed by atoms with Crippen LogP contribution in [0.2, 0.25) is 10.0 Å². The maximum Gasteiger partial charge on any atom is 0.240 e. The average molecular weight is 592 g/mol. The Morgan fingerprint density at radius 3 is 2.42 bits per heavy atom. The van der Waals surface area contributed by atoms with Crippen molar-refractivity contribution in [2.75, 3.05) is 13.1 Å². The Balaban J connectivity index is 1.87. The number of nitrogens with zero attached hydrogens (tertiary/aromatic N) is 2. The highest BCUT2D eigenvalue weighted by Crippen LogP contribution is 2.53. The van der Waals surface area contributed by atoms with Crippen LogP contribution < -0.4 is 11.1 Å². The average Bonchev–Trinajstić information content (AvgIpc) is 3.18. The Morgan fingerprint density at radius 1 is 1.18 bits per heavy atom. The van der Waals surface area contributed by atoms with Crippen LogP contribution in [0.1, 0.15) is 63.5 Å². The van der Waals surface area contributed by atoms with Crippen LogP contribution in [0.3, 0.4) is 0 Å². The van der Waals surface area contributed by atoms with Gasteiger partial charge in [-0.25, -0.2) is 8.78 Å². The van der Waals surface area contributed by atoms with Crippen LogP contribution in [0.15, 0.2) is 36.4 Å². The van der Waals surface area contributed by atoms with Gasteiger partial charge in [0.25, 0.3) is 0 Å². The largest absolute Gasteiger partial charge is 0.370 e. The van der Waals surface area contributed by atoms with Gasteiger partial charge in [0.15, 0.2) is 0 Å². The first-order valence-corrected chi connectivity index (χ1v) is 14.2. The van der Waals surface area contributed by atoms with E-state index in [1.807, 2.05) is 20.8 Å². The van der Waals surface area contributed by atoms with Crippen LogP contribution in [0.5, 0.6) is 0 Å². The Hall–Kier alpha value is -2.73. The summed E-state index contributed by atoms with van der Waals surface area (Å²) >= 11 is 12.3. The van der Waals surface area contributed by atoms with Crippen molar-refractivity contribution in [1.82, 2.24) is 10.2 Å². The molecule has 2 aliphatic heterocycles. The molecular weight excluding hydrogens is 557 g/mol. The maximum absolute atomic E-state index is 15.8. The van der Waals surface area contributed by atoms with Gasteiger partial charge in [-0.2, -0.15) is 5.26 Å². The number of nitrogens with one attached hydrogen (secondary N) is 1. The first-order valence-electron chi connectivity index (χ1n) is 13.4. The van der Waals surface area contributed by atoms with Gasteiger partial charge in [-0.1, -0.05) is 62.2 Å². The number of hydrogen-bond acceptors (Lipinski definition) is 4. The molecule has 0 bridgehead atoms. The van der Waals surface area contributed by atoms with E-state index in [1.54, 1.807) is 11.0 Å². The van der Waals surface area contributed by atoms with E-state index >= 15 is 8.78 Å². The lowest BCUT2D eigenvalue weighted by molar-refractivity contribution is -0.135. The zero-order chi connectivity index (χ0) is 29.4. The molecule has 4 unspecified atom stereocenters. The molecule has 2 aromatic carbocycles. The molecule has 10 heteroatoms. The molecule has 3 N–H and O–H groups in total. The number of nitriles is 1. The molecule has 0 aliphatic carbocycles. The molecular formula is C30H34Cl2F2N4O2. The predicted octanol–water partition coefficient (Wildman–Crippen LogP) is 5.71. The maximum atomic E-state index is 15.8. The van der Waals surface area contributed by atoms with Gasteiger partial charge in [-0.3, -0.25) is 9.59 Å². The first kappa shape index (κ1) is 30.2. The minimum absolute atomic E-state index is 0.0426. The molecule has 4 atom stereocenters. The van der Waals surface area contributed by atoms with Crippen LogP contribution >= 0.6 is 23.2 Å². The summed E-state index contributed by atoms with van der Waals surface area (Å²) in [6.07, 6.45) is 1.84. The minimum Gasteiger partial charge on any atom is -0.370 e. The van der Waals surface area contributed by atoms with Crippen molar-refractivity contribution in [2.45, 2.75) is 69.9 Å². The van der Waals surface area contributed by atoms with Crippen molar-refractivity contribution >= 4 is 35.0 Å². The first-order chi connectivity index (χ1) is 18.8. The Bertz CT molecular complexity index is 1330. The topological polar surface area (TPSA) is 99.2 Å². The van der Waals surface area contributed by atoms with Crippen LogP contribution in [0.4, 0.5) is 8.78 Å². The van der Waals surface area contributed by atoms with Gasteiger partial charge in [-0.15, -0.1) is 0 Å². The number of rotatable bonds is 6. The third-order valence-electron chi connectivity index (χ3n) is 8.13. The molecule has 4 rings (SSSR count). The highest BCUT2D eigenvalue weighted by Gasteiger charge is 2.61. The summed E-state index contributed by atoms with van der Waals surface area (Å²) in [5, 5.41) is 14.3. The smallest absolute Gasteiger partial charge is 0.240 e. The summed E-state index contributed by atoms with van der Waals surface area (Å²) < 4.78 is 31.5. The number of likely N-dealkylation sites (tertiary alicyclic amines) is 1. The summed E-state index contributed by atoms with van der Waals surface area (Å²) in [5.41, 5.74) is 3.48. The van der Waals surface area contributed by atoms with Crippen molar-refractivity contribution in [3.63, 3.8) is 0 Å². The molecule has 2 saturated heterocycles. The minimum atomic E-state index is -1.67. The summed E-state index contributed by atoms with van der Waals surface area (Å²) in [4.78, 5) is 27.3. The molecule has 0 spiro atoms. The highest BCUT2D eigenvalue weighted by atomic mass is 35.5. The quantitative estimate of drug-likeness (QED) is 0.450. The summed E-state index contributed by atoms with van der Waals surface area (Å²) in [6, 6.07) is 9.16. The molecule has 6 nitrogen and oxygen atoms in total. The molecule has 0 saturated carbocycles. The Kier molecular flexibility index (Phi) is 8.79. The van der Waals surface area contributed by atoms with Gasteiger partial charge in [-0.05, 0) is 54.4 Å². The second kappa shape index (κ2) is 11.6. The number of carbonyl (C=O) groups is 2. The number of carbonyl (C=O) groups excluding carboxylic acids is 2. The molecule has 2 fully saturated rings. The molecule has 2 amide bonds. The lowest BCUT2D eigenvalue weighted by Crippen LogP contribution is -2.50. The molecule has 40 heavy (non-hydrogen) atoms. The van der Waals surface area contributed by atoms with Gasteiger partial charge < -0.3 is 16.0 Å². The van der Waals surface area contributed by atoms with Gasteiger partial charge in [0.1, 0.15) is 17.0 Å². The van der Waals surface area contributed by atoms with E-state index in [0.717, 1.165) is 6.07 Å². The Labute approximate surface area is 243 Å². The number of amides is 2. The van der Waals surface area contributed by atoms with Crippen molar-refractivity contribution in [3.8, 4) is 6.07 Å². The standard InChI is InChI=1S/C30H34Cl2F2N4O2/c1-29(2,3)15-23-30(16-35,20-8-7-18(31)14-22(20)33)25(19-5-4-6-21(32)26(19)34)27(37-23)28(40)38-11-9-17(10-12-38)13-24(36)39/h4-8,14,17,23,25,27,37H,9-13,15H2,1-3H3,(H2,36,39). The fourth-order valence-electron chi connectivity index (χ4n) is 6.38. The van der Waals surface area contributed by atoms with Crippen molar-refractivity contribution < 1.29 is 18.4 Å². The second-order valence-electron chi connectivity index (χ2n) is 12.1. The van der Waals surface area contributed by atoms with Crippen LogP contribution in [-0.4, -0.2) is 41.9 Å². The van der Waals surface area contributed by atoms with Crippen LogP contribution in [-0.2, 0) is 15.0 Å². The number of halogens is 4. The molecule has 2 aromatic rings. The molecule has 0 radical (unpaired) electrons. The number of piperidine rings is 1. The van der Waals surface area contributed by atoms with Crippen LogP contribution in [0.25, 0.3) is 0 Å². The molecule has 2 aliphatic rings. The monoisotopic (exact) mass is 590 g/mol. The zero-order valence-electron chi connectivity index (χ0n) is 22.8. The van der Waals surface area contributed by atoms with E-state index in [1.165, 1.54) is 24.3 Å². The highest BCUT2D eigenvalue weighted by molar-refractivity contribution is 6.31. The number of primary amides is 1. The SMILES string of the molecule is CC(C)(C)CC1NC(C(=O)N2CCC(CC(N)=O)CC2)C(c2cccc(Cl)c2F)C1(C#N)c1ccc(Cl)cc1F. The number of benzene rings is 2. The van der Waals surface area contributed by atoms with Crippen LogP contribution in [0, 0.1) is 34.3 Å². The Morgan fingerprint density at radius 2 is 1.85 bits per heavy atom. The fourth-order valence-corrected chi connectivity index (χ4v) is 6.72. The van der Waals surface area contributed by atoms with Gasteiger partial charge in [0.2, 0.25) is 11.8 Å². The summed E-state index contributed by atoms with van der Waals surface area (Å²) in [5.74, 6) is -3.17. The molecule has 2 heterocycles. The lowest BCUT2D eigenvalue weighted by Gasteiger charge is -2.38. The van der Waals surface area contributed by atoms with Crippen molar-refractivity contribution in [3.05, 3.63) is 69.2 Å². The summed E-state index contributed by atoms with van der Waals surface area (Å²) in [6.45, 7) is 6.74. The van der Waals surface area contributed by atoms with Gasteiger partial charge in [0, 0.05) is 42.1 Å². The predicted molar refractivity (Wildman–Crippen MR) is 151 cm³/mol. The van der Waals surface area contributed by atoms with Crippen molar-refractivity contribution in [2.24, 2.45) is 17.1 Å². The number of hydrogen-bond donors (Lipinski definition) is 2. The number of nitrogens with two attached hydrogens (primary N) is 1. The van der Waals surface area contributed by atoms with E-state index in [0.29, 0.717) is 32.4 Å². The van der Waals surface area contributed by atoms with E-state index in [-0.39, 0.29) is 50.7 Å². The molecule has 214 valence electrons. The van der Waals surface area contributed by atoms with Gasteiger partial charge in [0.05, 0.1) is 17.1 Å². The lowest BCUT2D eigenvalue weighted by atomic mass is 9.62. The van der Waals surface area contributed by atoms with Crippen molar-refractivity contribution in [1.29, 1.82) is 5.26 Å². The fraction of sp³-hybridized carbons (Fsp3) is 0.500. The zero-order valence-corrected chi connectivity index (χ0v) is 24.3.